The Hall–Kier alpha value is -1.56. The van der Waals surface area contributed by atoms with Crippen molar-refractivity contribution in [1.29, 1.82) is 0 Å². The molecule has 26 heavy (non-hydrogen) atoms. The quantitative estimate of drug-likeness (QED) is 0.726. The minimum Gasteiger partial charge on any atom is -0.489 e. The molecule has 138 valence electrons. The van der Waals surface area contributed by atoms with Crippen LogP contribution >= 0.6 is 11.6 Å². The Balaban J connectivity index is 1.86. The van der Waals surface area contributed by atoms with E-state index < -0.39 is 24.1 Å². The molecule has 0 unspecified atom stereocenters. The van der Waals surface area contributed by atoms with Crippen molar-refractivity contribution >= 4 is 24.2 Å². The van der Waals surface area contributed by atoms with Gasteiger partial charge in [0, 0.05) is 11.0 Å². The standard InChI is InChI=1S/C20H23BClFO3/c1-13-9-10-17(24-12-14-7-6-8-16(22)18(14)23)15(11-13)21-25-19(2,3)20(4,5)26-21/h6-11H,12H2,1-5H3. The van der Waals surface area contributed by atoms with Gasteiger partial charge < -0.3 is 14.0 Å². The zero-order valence-electron chi connectivity index (χ0n) is 15.7. The Kier molecular flexibility index (Phi) is 5.08. The summed E-state index contributed by atoms with van der Waals surface area (Å²) in [5, 5.41) is 0.0844. The predicted molar refractivity (Wildman–Crippen MR) is 103 cm³/mol. The van der Waals surface area contributed by atoms with Crippen molar-refractivity contribution < 1.29 is 18.4 Å². The molecule has 0 N–H and O–H groups in total. The lowest BCUT2D eigenvalue weighted by atomic mass is 9.77. The van der Waals surface area contributed by atoms with Gasteiger partial charge in [-0.05, 0) is 46.8 Å². The fraction of sp³-hybridized carbons (Fsp3) is 0.400. The second-order valence-electron chi connectivity index (χ2n) is 7.63. The molecule has 0 saturated carbocycles. The first-order valence-corrected chi connectivity index (χ1v) is 9.00. The van der Waals surface area contributed by atoms with Crippen molar-refractivity contribution in [3.05, 3.63) is 58.4 Å². The number of rotatable bonds is 4. The normalized spacial score (nSPS) is 18.2. The van der Waals surface area contributed by atoms with E-state index in [1.54, 1.807) is 12.1 Å². The second kappa shape index (κ2) is 6.88. The van der Waals surface area contributed by atoms with Crippen LogP contribution in [-0.2, 0) is 15.9 Å². The Morgan fingerprint density at radius 1 is 1.08 bits per heavy atom. The molecule has 1 aliphatic heterocycles. The summed E-state index contributed by atoms with van der Waals surface area (Å²) in [6.07, 6.45) is 0. The maximum absolute atomic E-state index is 14.1. The van der Waals surface area contributed by atoms with Crippen LogP contribution < -0.4 is 10.2 Å². The molecule has 0 spiro atoms. The smallest absolute Gasteiger partial charge is 0.489 e. The van der Waals surface area contributed by atoms with E-state index in [0.717, 1.165) is 11.0 Å². The summed E-state index contributed by atoms with van der Waals surface area (Å²) in [6.45, 7) is 10.1. The Morgan fingerprint density at radius 2 is 1.73 bits per heavy atom. The van der Waals surface area contributed by atoms with Crippen molar-refractivity contribution in [2.45, 2.75) is 52.4 Å². The molecule has 6 heteroatoms. The van der Waals surface area contributed by atoms with E-state index in [1.807, 2.05) is 52.8 Å². The van der Waals surface area contributed by atoms with Gasteiger partial charge in [-0.2, -0.15) is 0 Å². The molecular formula is C20H23BClFO3. The minimum absolute atomic E-state index is 0.0714. The number of ether oxygens (including phenoxy) is 1. The van der Waals surface area contributed by atoms with E-state index in [0.29, 0.717) is 11.3 Å². The molecule has 3 nitrogen and oxygen atoms in total. The molecule has 2 aromatic rings. The molecule has 0 atom stereocenters. The van der Waals surface area contributed by atoms with Crippen molar-refractivity contribution in [2.24, 2.45) is 0 Å². The van der Waals surface area contributed by atoms with E-state index in [9.17, 15) is 4.39 Å². The van der Waals surface area contributed by atoms with Gasteiger partial charge in [0.05, 0.1) is 16.2 Å². The SMILES string of the molecule is Cc1ccc(OCc2cccc(Cl)c2F)c(B2OC(C)(C)C(C)(C)O2)c1. The lowest BCUT2D eigenvalue weighted by Gasteiger charge is -2.32. The van der Waals surface area contributed by atoms with Gasteiger partial charge in [-0.15, -0.1) is 0 Å². The summed E-state index contributed by atoms with van der Waals surface area (Å²) < 4.78 is 32.3. The average Bonchev–Trinajstić information content (AvgIpc) is 2.77. The van der Waals surface area contributed by atoms with Crippen LogP contribution in [0.5, 0.6) is 5.75 Å². The van der Waals surface area contributed by atoms with E-state index in [4.69, 9.17) is 25.6 Å². The molecule has 1 aliphatic rings. The van der Waals surface area contributed by atoms with E-state index in [1.165, 1.54) is 6.07 Å². The van der Waals surface area contributed by atoms with E-state index in [-0.39, 0.29) is 11.6 Å². The summed E-state index contributed by atoms with van der Waals surface area (Å²) in [5.74, 6) is 0.145. The van der Waals surface area contributed by atoms with Gasteiger partial charge in [0.15, 0.2) is 0 Å². The fourth-order valence-corrected chi connectivity index (χ4v) is 2.96. The number of halogens is 2. The van der Waals surface area contributed by atoms with Gasteiger partial charge in [0.25, 0.3) is 0 Å². The molecule has 0 amide bonds. The van der Waals surface area contributed by atoms with Gasteiger partial charge in [-0.3, -0.25) is 0 Å². The highest BCUT2D eigenvalue weighted by atomic mass is 35.5. The lowest BCUT2D eigenvalue weighted by Crippen LogP contribution is -2.41. The summed E-state index contributed by atoms with van der Waals surface area (Å²) in [7, 11) is -0.542. The lowest BCUT2D eigenvalue weighted by molar-refractivity contribution is 0.00578. The predicted octanol–water partition coefficient (Wildman–Crippen LogP) is 4.67. The van der Waals surface area contributed by atoms with Gasteiger partial charge in [0.2, 0.25) is 0 Å². The van der Waals surface area contributed by atoms with E-state index in [2.05, 4.69) is 0 Å². The summed E-state index contributed by atoms with van der Waals surface area (Å²) in [4.78, 5) is 0. The van der Waals surface area contributed by atoms with Crippen LogP contribution in [0.25, 0.3) is 0 Å². The molecule has 2 aromatic carbocycles. The number of aryl methyl sites for hydroxylation is 1. The first-order valence-electron chi connectivity index (χ1n) is 8.62. The van der Waals surface area contributed by atoms with Crippen LogP contribution in [0.2, 0.25) is 5.02 Å². The minimum atomic E-state index is -0.542. The molecule has 1 heterocycles. The zero-order chi connectivity index (χ0) is 19.1. The van der Waals surface area contributed by atoms with Crippen molar-refractivity contribution in [2.75, 3.05) is 0 Å². The van der Waals surface area contributed by atoms with Crippen LogP contribution in [0.15, 0.2) is 36.4 Å². The largest absolute Gasteiger partial charge is 0.498 e. The van der Waals surface area contributed by atoms with Crippen LogP contribution in [0.1, 0.15) is 38.8 Å². The molecule has 1 fully saturated rings. The van der Waals surface area contributed by atoms with Gasteiger partial charge in [0.1, 0.15) is 18.2 Å². The third-order valence-corrected chi connectivity index (χ3v) is 5.38. The van der Waals surface area contributed by atoms with Crippen LogP contribution in [-0.4, -0.2) is 18.3 Å². The second-order valence-corrected chi connectivity index (χ2v) is 8.04. The Bertz CT molecular complexity index is 807. The van der Waals surface area contributed by atoms with Gasteiger partial charge in [-0.1, -0.05) is 41.4 Å². The highest BCUT2D eigenvalue weighted by molar-refractivity contribution is 6.63. The van der Waals surface area contributed by atoms with Gasteiger partial charge >= 0.3 is 7.12 Å². The van der Waals surface area contributed by atoms with Crippen molar-refractivity contribution in [3.8, 4) is 5.75 Å². The average molecular weight is 377 g/mol. The number of benzene rings is 2. The Labute approximate surface area is 159 Å². The Morgan fingerprint density at radius 3 is 2.38 bits per heavy atom. The molecule has 0 aromatic heterocycles. The third kappa shape index (κ3) is 3.61. The first kappa shape index (κ1) is 19.2. The number of hydrogen-bond acceptors (Lipinski definition) is 3. The summed E-state index contributed by atoms with van der Waals surface area (Å²) in [6, 6.07) is 10.7. The molecule has 0 radical (unpaired) electrons. The fourth-order valence-electron chi connectivity index (χ4n) is 2.77. The first-order chi connectivity index (χ1) is 12.1. The molecule has 0 bridgehead atoms. The highest BCUT2D eigenvalue weighted by Crippen LogP contribution is 2.37. The van der Waals surface area contributed by atoms with E-state index >= 15 is 0 Å². The maximum atomic E-state index is 14.1. The monoisotopic (exact) mass is 376 g/mol. The van der Waals surface area contributed by atoms with Gasteiger partial charge in [-0.25, -0.2) is 4.39 Å². The molecule has 3 rings (SSSR count). The highest BCUT2D eigenvalue weighted by Gasteiger charge is 2.52. The van der Waals surface area contributed by atoms with Crippen LogP contribution in [0, 0.1) is 12.7 Å². The van der Waals surface area contributed by atoms with Crippen LogP contribution in [0.4, 0.5) is 4.39 Å². The number of hydrogen-bond donors (Lipinski definition) is 0. The zero-order valence-corrected chi connectivity index (χ0v) is 16.5. The van der Waals surface area contributed by atoms with Crippen LogP contribution in [0.3, 0.4) is 0 Å². The summed E-state index contributed by atoms with van der Waals surface area (Å²) in [5.41, 5.74) is 1.37. The van der Waals surface area contributed by atoms with Crippen molar-refractivity contribution in [3.63, 3.8) is 0 Å². The maximum Gasteiger partial charge on any atom is 0.498 e. The molecule has 0 aliphatic carbocycles. The topological polar surface area (TPSA) is 27.7 Å². The third-order valence-electron chi connectivity index (χ3n) is 5.09. The molecular weight excluding hydrogens is 353 g/mol. The summed E-state index contributed by atoms with van der Waals surface area (Å²) >= 11 is 5.84. The molecule has 1 saturated heterocycles. The van der Waals surface area contributed by atoms with Crippen molar-refractivity contribution in [1.82, 2.24) is 0 Å².